The summed E-state index contributed by atoms with van der Waals surface area (Å²) in [6, 6.07) is 63.5. The number of hydrogen-bond acceptors (Lipinski definition) is 0. The molecule has 0 heteroatoms. The van der Waals surface area contributed by atoms with Gasteiger partial charge in [0.2, 0.25) is 0 Å². The fraction of sp³-hybridized carbons (Fsp3) is 0.0204. The summed E-state index contributed by atoms with van der Waals surface area (Å²) < 4.78 is 0. The highest BCUT2D eigenvalue weighted by molar-refractivity contribution is 6.27. The second kappa shape index (κ2) is 10.1. The molecule has 0 radical (unpaired) electrons. The van der Waals surface area contributed by atoms with Gasteiger partial charge in [0.15, 0.2) is 0 Å². The van der Waals surface area contributed by atoms with Crippen molar-refractivity contribution in [2.45, 2.75) is 6.42 Å². The molecule has 0 nitrogen and oxygen atoms in total. The SMILES string of the molecule is c1ccc2c(c1)c1ccccc1c1cc(-c3ccc4c(c3)Cc3cc(-c5ccc6c7ccccc7c7ccccc7c6c5)ccc3-4)ccc21. The first kappa shape index (κ1) is 26.8. The maximum absolute atomic E-state index is 2.42. The molecule has 0 N–H and O–H groups in total. The van der Waals surface area contributed by atoms with E-state index >= 15 is 0 Å². The molecule has 49 heavy (non-hydrogen) atoms. The van der Waals surface area contributed by atoms with E-state index in [1.807, 2.05) is 0 Å². The van der Waals surface area contributed by atoms with Gasteiger partial charge in [-0.05, 0) is 128 Å². The van der Waals surface area contributed by atoms with E-state index in [4.69, 9.17) is 0 Å². The fourth-order valence-corrected chi connectivity index (χ4v) is 8.74. The highest BCUT2D eigenvalue weighted by Gasteiger charge is 2.20. The first-order valence-corrected chi connectivity index (χ1v) is 17.2. The maximum atomic E-state index is 2.42. The van der Waals surface area contributed by atoms with Crippen molar-refractivity contribution in [1.29, 1.82) is 0 Å². The topological polar surface area (TPSA) is 0 Å². The van der Waals surface area contributed by atoms with Crippen LogP contribution in [0.3, 0.4) is 0 Å². The Labute approximate surface area is 284 Å². The van der Waals surface area contributed by atoms with Crippen molar-refractivity contribution in [2.24, 2.45) is 0 Å². The Bertz CT molecular complexity index is 2740. The van der Waals surface area contributed by atoms with Gasteiger partial charge in [0.05, 0.1) is 0 Å². The van der Waals surface area contributed by atoms with Crippen LogP contribution < -0.4 is 0 Å². The normalized spacial score (nSPS) is 12.4. The molecular weight excluding hydrogens is 589 g/mol. The van der Waals surface area contributed by atoms with E-state index < -0.39 is 0 Å². The van der Waals surface area contributed by atoms with Gasteiger partial charge in [-0.15, -0.1) is 0 Å². The summed E-state index contributed by atoms with van der Waals surface area (Å²) in [5.74, 6) is 0. The van der Waals surface area contributed by atoms with E-state index in [-0.39, 0.29) is 0 Å². The highest BCUT2D eigenvalue weighted by atomic mass is 14.2. The molecule has 11 rings (SSSR count). The Kier molecular flexibility index (Phi) is 5.54. The Balaban J connectivity index is 0.991. The molecule has 0 saturated heterocycles. The van der Waals surface area contributed by atoms with E-state index in [1.165, 1.54) is 109 Å². The number of benzene rings is 10. The molecule has 226 valence electrons. The zero-order chi connectivity index (χ0) is 32.1. The van der Waals surface area contributed by atoms with Crippen molar-refractivity contribution >= 4 is 64.6 Å². The third kappa shape index (κ3) is 3.92. The lowest BCUT2D eigenvalue weighted by Gasteiger charge is -2.13. The van der Waals surface area contributed by atoms with Crippen molar-refractivity contribution in [3.63, 3.8) is 0 Å². The molecule has 0 aromatic heterocycles. The summed E-state index contributed by atoms with van der Waals surface area (Å²) >= 11 is 0. The third-order valence-corrected chi connectivity index (χ3v) is 11.0. The van der Waals surface area contributed by atoms with Gasteiger partial charge >= 0.3 is 0 Å². The average Bonchev–Trinajstić information content (AvgIpc) is 3.55. The largest absolute Gasteiger partial charge is 0.0616 e. The van der Waals surface area contributed by atoms with Crippen LogP contribution in [-0.4, -0.2) is 0 Å². The summed E-state index contributed by atoms with van der Waals surface area (Å²) in [5.41, 5.74) is 10.6. The lowest BCUT2D eigenvalue weighted by Crippen LogP contribution is -1.87. The molecule has 0 fully saturated rings. The molecule has 0 amide bonds. The van der Waals surface area contributed by atoms with Crippen LogP contribution in [0.25, 0.3) is 98.0 Å². The lowest BCUT2D eigenvalue weighted by molar-refractivity contribution is 1.26. The van der Waals surface area contributed by atoms with Gasteiger partial charge in [0.1, 0.15) is 0 Å². The summed E-state index contributed by atoms with van der Waals surface area (Å²) in [7, 11) is 0. The fourth-order valence-electron chi connectivity index (χ4n) is 8.74. The van der Waals surface area contributed by atoms with Crippen LogP contribution in [0.2, 0.25) is 0 Å². The average molecular weight is 619 g/mol. The van der Waals surface area contributed by atoms with Crippen LogP contribution in [0.1, 0.15) is 11.1 Å². The first-order valence-electron chi connectivity index (χ1n) is 17.2. The van der Waals surface area contributed by atoms with Crippen LogP contribution in [0.5, 0.6) is 0 Å². The molecule has 1 aliphatic rings. The van der Waals surface area contributed by atoms with Gasteiger partial charge in [0, 0.05) is 0 Å². The van der Waals surface area contributed by atoms with Gasteiger partial charge < -0.3 is 0 Å². The second-order valence-electron chi connectivity index (χ2n) is 13.6. The van der Waals surface area contributed by atoms with Crippen molar-refractivity contribution < 1.29 is 0 Å². The standard InChI is InChI=1S/C49H30/c1-3-13-42-38(9-1)40-11-5-7-15-44(40)48-28-32(19-23-46(42)48)30-17-21-36-34(25-30)27-35-26-31(18-22-37(35)36)33-20-24-47-43-14-4-2-10-39(43)41-12-6-8-16-45(41)49(47)29-33/h1-26,28-29H,27H2. The zero-order valence-corrected chi connectivity index (χ0v) is 26.9. The van der Waals surface area contributed by atoms with Gasteiger partial charge in [-0.2, -0.15) is 0 Å². The Hall–Kier alpha value is -6.24. The highest BCUT2D eigenvalue weighted by Crippen LogP contribution is 2.43. The number of hydrogen-bond donors (Lipinski definition) is 0. The van der Waals surface area contributed by atoms with Crippen molar-refractivity contribution in [2.75, 3.05) is 0 Å². The predicted molar refractivity (Wildman–Crippen MR) is 211 cm³/mol. The Morgan fingerprint density at radius 2 is 0.490 bits per heavy atom. The predicted octanol–water partition coefficient (Wildman–Crippen LogP) is 13.5. The van der Waals surface area contributed by atoms with Gasteiger partial charge in [-0.3, -0.25) is 0 Å². The molecule has 0 atom stereocenters. The van der Waals surface area contributed by atoms with Gasteiger partial charge in [-0.25, -0.2) is 0 Å². The summed E-state index contributed by atoms with van der Waals surface area (Å²) in [6.45, 7) is 0. The van der Waals surface area contributed by atoms with Crippen LogP contribution in [0, 0.1) is 0 Å². The van der Waals surface area contributed by atoms with Crippen LogP contribution in [-0.2, 0) is 6.42 Å². The smallest absolute Gasteiger partial charge is 0.00130 e. The molecule has 0 bridgehead atoms. The van der Waals surface area contributed by atoms with Crippen molar-refractivity contribution in [3.05, 3.63) is 181 Å². The quantitative estimate of drug-likeness (QED) is 0.169. The summed E-state index contributed by atoms with van der Waals surface area (Å²) in [4.78, 5) is 0. The zero-order valence-electron chi connectivity index (χ0n) is 26.9. The van der Waals surface area contributed by atoms with E-state index in [1.54, 1.807) is 0 Å². The van der Waals surface area contributed by atoms with Gasteiger partial charge in [-0.1, -0.05) is 158 Å². The number of fused-ring (bicyclic) bond motifs is 15. The van der Waals surface area contributed by atoms with Crippen molar-refractivity contribution in [3.8, 4) is 33.4 Å². The Morgan fingerprint density at radius 3 is 0.837 bits per heavy atom. The maximum Gasteiger partial charge on any atom is -0.00130 e. The molecule has 0 spiro atoms. The van der Waals surface area contributed by atoms with Crippen LogP contribution >= 0.6 is 0 Å². The minimum absolute atomic E-state index is 0.953. The molecule has 0 aliphatic heterocycles. The molecule has 1 aliphatic carbocycles. The van der Waals surface area contributed by atoms with E-state index in [0.29, 0.717) is 0 Å². The lowest BCUT2D eigenvalue weighted by atomic mass is 9.91. The third-order valence-electron chi connectivity index (χ3n) is 11.0. The number of rotatable bonds is 2. The molecule has 0 saturated carbocycles. The van der Waals surface area contributed by atoms with Crippen LogP contribution in [0.15, 0.2) is 170 Å². The molecule has 0 unspecified atom stereocenters. The molecule has 10 aromatic rings. The van der Waals surface area contributed by atoms with E-state index in [2.05, 4.69) is 170 Å². The summed E-state index contributed by atoms with van der Waals surface area (Å²) in [5, 5.41) is 15.8. The minimum atomic E-state index is 0.953. The van der Waals surface area contributed by atoms with E-state index in [0.717, 1.165) is 6.42 Å². The Morgan fingerprint density at radius 1 is 0.224 bits per heavy atom. The first-order chi connectivity index (χ1) is 24.3. The monoisotopic (exact) mass is 618 g/mol. The van der Waals surface area contributed by atoms with E-state index in [9.17, 15) is 0 Å². The molecule has 0 heterocycles. The van der Waals surface area contributed by atoms with Gasteiger partial charge in [0.25, 0.3) is 0 Å². The minimum Gasteiger partial charge on any atom is -0.0616 e. The van der Waals surface area contributed by atoms with Crippen molar-refractivity contribution in [1.82, 2.24) is 0 Å². The second-order valence-corrected chi connectivity index (χ2v) is 13.6. The summed E-state index contributed by atoms with van der Waals surface area (Å²) in [6.07, 6.45) is 0.953. The molecular formula is C49H30. The molecule has 10 aromatic carbocycles. The van der Waals surface area contributed by atoms with Crippen LogP contribution in [0.4, 0.5) is 0 Å².